The van der Waals surface area contributed by atoms with Gasteiger partial charge < -0.3 is 17.0 Å². The Balaban J connectivity index is 0.000000810. The van der Waals surface area contributed by atoms with Crippen LogP contribution >= 0.6 is 35.6 Å². The third-order valence-corrected chi connectivity index (χ3v) is 6.55. The summed E-state index contributed by atoms with van der Waals surface area (Å²) in [5, 5.41) is 0. The average Bonchev–Trinajstić information content (AvgIpc) is 1.79. The zero-order valence-electron chi connectivity index (χ0n) is 6.00. The van der Waals surface area contributed by atoms with Crippen LogP contribution in [-0.2, 0) is 0 Å². The van der Waals surface area contributed by atoms with Crippen molar-refractivity contribution in [3.8, 4) is 0 Å². The molecule has 4 heteroatoms. The van der Waals surface area contributed by atoms with Crippen molar-refractivity contribution >= 4 is 35.6 Å². The normalized spacial score (nSPS) is 22.8. The number of rotatable bonds is 0. The SMILES string of the molecule is CC1=C(C)C[P+](Br)(Br)C1.[Br-]. The Kier molecular flexibility index (Phi) is 4.67. The van der Waals surface area contributed by atoms with Crippen LogP contribution < -0.4 is 17.0 Å². The highest BCUT2D eigenvalue weighted by Gasteiger charge is 2.39. The minimum atomic E-state index is -0.855. The highest BCUT2D eigenvalue weighted by atomic mass is 79.9. The molecule has 1 aliphatic heterocycles. The zero-order chi connectivity index (χ0) is 7.07. The maximum absolute atomic E-state index is 3.71. The third-order valence-electron chi connectivity index (χ3n) is 1.67. The average molecular weight is 353 g/mol. The summed E-state index contributed by atoms with van der Waals surface area (Å²) in [5.74, 6) is 0. The van der Waals surface area contributed by atoms with Crippen molar-refractivity contribution in [1.29, 1.82) is 0 Å². The summed E-state index contributed by atoms with van der Waals surface area (Å²) in [6.45, 7) is 4.44. The van der Waals surface area contributed by atoms with Crippen LogP contribution in [0.1, 0.15) is 13.8 Å². The summed E-state index contributed by atoms with van der Waals surface area (Å²) in [7, 11) is 0. The molecule has 0 fully saturated rings. The Labute approximate surface area is 89.4 Å². The van der Waals surface area contributed by atoms with Crippen LogP contribution in [0.4, 0.5) is 0 Å². The van der Waals surface area contributed by atoms with Crippen LogP contribution in [0.15, 0.2) is 11.1 Å². The van der Waals surface area contributed by atoms with E-state index >= 15 is 0 Å². The van der Waals surface area contributed by atoms with E-state index in [0.29, 0.717) is 0 Å². The smallest absolute Gasteiger partial charge is 0.161 e. The molecule has 0 aliphatic carbocycles. The summed E-state index contributed by atoms with van der Waals surface area (Å²) in [4.78, 5) is 0. The molecule has 0 aromatic heterocycles. The molecule has 0 radical (unpaired) electrons. The molecule has 0 nitrogen and oxygen atoms in total. The number of hydrogen-bond donors (Lipinski definition) is 0. The molecule has 0 bridgehead atoms. The van der Waals surface area contributed by atoms with Crippen LogP contribution in [0.2, 0.25) is 0 Å². The van der Waals surface area contributed by atoms with Crippen molar-refractivity contribution in [2.24, 2.45) is 0 Å². The summed E-state index contributed by atoms with van der Waals surface area (Å²) in [6, 6.07) is 0. The van der Waals surface area contributed by atoms with E-state index in [-0.39, 0.29) is 17.0 Å². The predicted octanol–water partition coefficient (Wildman–Crippen LogP) is 0.978. The number of allylic oxidation sites excluding steroid dienone is 2. The lowest BCUT2D eigenvalue weighted by molar-refractivity contribution is -0.00000178. The lowest BCUT2D eigenvalue weighted by Crippen LogP contribution is -3.00. The molecule has 60 valence electrons. The highest BCUT2D eigenvalue weighted by Crippen LogP contribution is 2.77. The van der Waals surface area contributed by atoms with E-state index in [1.807, 2.05) is 0 Å². The minimum absolute atomic E-state index is 0. The first-order chi connectivity index (χ1) is 4.01. The van der Waals surface area contributed by atoms with Gasteiger partial charge in [-0.3, -0.25) is 0 Å². The van der Waals surface area contributed by atoms with Crippen molar-refractivity contribution in [2.75, 3.05) is 12.3 Å². The molecule has 0 saturated carbocycles. The van der Waals surface area contributed by atoms with Gasteiger partial charge in [-0.15, -0.1) is 0 Å². The van der Waals surface area contributed by atoms with Gasteiger partial charge in [-0.2, -0.15) is 0 Å². The number of hydrogen-bond acceptors (Lipinski definition) is 0. The van der Waals surface area contributed by atoms with E-state index < -0.39 is 4.67 Å². The molecule has 0 atom stereocenters. The maximum atomic E-state index is 3.71. The van der Waals surface area contributed by atoms with Crippen LogP contribution in [-0.4, -0.2) is 12.3 Å². The van der Waals surface area contributed by atoms with Crippen LogP contribution in [0.3, 0.4) is 0 Å². The minimum Gasteiger partial charge on any atom is -1.00 e. The second-order valence-electron chi connectivity index (χ2n) is 2.64. The Morgan fingerprint density at radius 3 is 1.50 bits per heavy atom. The van der Waals surface area contributed by atoms with Crippen molar-refractivity contribution in [2.45, 2.75) is 13.8 Å². The molecular weight excluding hydrogens is 343 g/mol. The molecule has 1 aliphatic rings. The van der Waals surface area contributed by atoms with Gasteiger partial charge >= 0.3 is 0 Å². The topological polar surface area (TPSA) is 0 Å². The lowest BCUT2D eigenvalue weighted by Gasteiger charge is -1.99. The maximum Gasteiger partial charge on any atom is 0.161 e. The van der Waals surface area contributed by atoms with Gasteiger partial charge in [0.1, 0.15) is 12.3 Å². The van der Waals surface area contributed by atoms with Crippen molar-refractivity contribution in [3.63, 3.8) is 0 Å². The molecule has 0 spiro atoms. The molecule has 0 aromatic carbocycles. The van der Waals surface area contributed by atoms with Crippen LogP contribution in [0.25, 0.3) is 0 Å². The summed E-state index contributed by atoms with van der Waals surface area (Å²) < 4.78 is -0.855. The highest BCUT2D eigenvalue weighted by molar-refractivity contribution is 9.73. The lowest BCUT2D eigenvalue weighted by atomic mass is 10.2. The molecule has 0 saturated heterocycles. The van der Waals surface area contributed by atoms with Gasteiger partial charge in [0, 0.05) is 0 Å². The molecular formula is C6H10Br3P. The van der Waals surface area contributed by atoms with Gasteiger partial charge in [-0.25, -0.2) is 0 Å². The number of halogens is 3. The molecule has 0 N–H and O–H groups in total. The first kappa shape index (κ1) is 11.6. The van der Waals surface area contributed by atoms with Gasteiger partial charge in [0.15, 0.2) is 35.6 Å². The zero-order valence-corrected chi connectivity index (χ0v) is 11.6. The van der Waals surface area contributed by atoms with Crippen molar-refractivity contribution < 1.29 is 17.0 Å². The van der Waals surface area contributed by atoms with E-state index in [2.05, 4.69) is 44.8 Å². The Bertz CT molecular complexity index is 146. The van der Waals surface area contributed by atoms with E-state index in [4.69, 9.17) is 0 Å². The standard InChI is InChI=1S/C6H10Br2P.BrH/c1-5-3-9(7,8)4-6(5)2;/h3-4H2,1-2H3;1H/q+1;/p-1. The van der Waals surface area contributed by atoms with Crippen LogP contribution in [0, 0.1) is 0 Å². The van der Waals surface area contributed by atoms with Gasteiger partial charge in [-0.1, -0.05) is 0 Å². The Morgan fingerprint density at radius 1 is 1.10 bits per heavy atom. The fourth-order valence-corrected chi connectivity index (χ4v) is 7.57. The third kappa shape index (κ3) is 2.92. The predicted molar refractivity (Wildman–Crippen MR) is 52.9 cm³/mol. The van der Waals surface area contributed by atoms with E-state index in [1.165, 1.54) is 12.3 Å². The Hall–Kier alpha value is 1.61. The first-order valence-corrected chi connectivity index (χ1v) is 9.12. The van der Waals surface area contributed by atoms with Crippen molar-refractivity contribution in [1.82, 2.24) is 0 Å². The monoisotopic (exact) mass is 350 g/mol. The van der Waals surface area contributed by atoms with E-state index in [1.54, 1.807) is 11.1 Å². The van der Waals surface area contributed by atoms with Gasteiger partial charge in [0.2, 0.25) is 0 Å². The van der Waals surface area contributed by atoms with E-state index in [9.17, 15) is 0 Å². The molecule has 0 amide bonds. The van der Waals surface area contributed by atoms with Crippen molar-refractivity contribution in [3.05, 3.63) is 11.1 Å². The van der Waals surface area contributed by atoms with Gasteiger partial charge in [0.25, 0.3) is 0 Å². The molecule has 0 aromatic rings. The molecule has 10 heavy (non-hydrogen) atoms. The molecule has 1 heterocycles. The van der Waals surface area contributed by atoms with Gasteiger partial charge in [-0.05, 0) is 25.0 Å². The fourth-order valence-electron chi connectivity index (χ4n) is 1.02. The summed E-state index contributed by atoms with van der Waals surface area (Å²) >= 11 is 7.42. The first-order valence-electron chi connectivity index (χ1n) is 2.93. The summed E-state index contributed by atoms with van der Waals surface area (Å²) in [6.07, 6.45) is 2.50. The van der Waals surface area contributed by atoms with Gasteiger partial charge in [0.05, 0.1) is 0 Å². The molecule has 1 rings (SSSR count). The largest absolute Gasteiger partial charge is 1.00 e. The second-order valence-corrected chi connectivity index (χ2v) is 15.8. The quantitative estimate of drug-likeness (QED) is 0.450. The van der Waals surface area contributed by atoms with Crippen LogP contribution in [0.5, 0.6) is 0 Å². The second kappa shape index (κ2) is 4.02. The molecule has 0 unspecified atom stereocenters. The fraction of sp³-hybridized carbons (Fsp3) is 0.667. The van der Waals surface area contributed by atoms with E-state index in [0.717, 1.165) is 0 Å². The Morgan fingerprint density at radius 2 is 1.40 bits per heavy atom. The summed E-state index contributed by atoms with van der Waals surface area (Å²) in [5.41, 5.74) is 3.13.